The second-order valence-electron chi connectivity index (χ2n) is 8.74. The maximum Gasteiger partial charge on any atom is 0.256 e. The van der Waals surface area contributed by atoms with Crippen molar-refractivity contribution in [2.24, 2.45) is 5.92 Å². The Morgan fingerprint density at radius 2 is 1.90 bits per heavy atom. The van der Waals surface area contributed by atoms with Crippen LogP contribution in [0.1, 0.15) is 62.3 Å². The lowest BCUT2D eigenvalue weighted by atomic mass is 9.95. The number of hydrogen-bond donors (Lipinski definition) is 3. The summed E-state index contributed by atoms with van der Waals surface area (Å²) in [7, 11) is 0. The fourth-order valence-electron chi connectivity index (χ4n) is 4.12. The summed E-state index contributed by atoms with van der Waals surface area (Å²) in [6.45, 7) is 9.31. The van der Waals surface area contributed by atoms with Crippen LogP contribution in [0.3, 0.4) is 0 Å². The minimum atomic E-state index is -0.739. The van der Waals surface area contributed by atoms with Crippen molar-refractivity contribution in [1.29, 1.82) is 0 Å². The predicted octanol–water partition coefficient (Wildman–Crippen LogP) is 2.06. The fourth-order valence-corrected chi connectivity index (χ4v) is 5.71. The van der Waals surface area contributed by atoms with Crippen molar-refractivity contribution in [2.75, 3.05) is 6.61 Å². The number of nitrogens with zero attached hydrogens (tertiary/aromatic N) is 1. The van der Waals surface area contributed by atoms with Crippen LogP contribution >= 0.6 is 11.8 Å². The molecule has 1 aromatic rings. The zero-order chi connectivity index (χ0) is 22.2. The van der Waals surface area contributed by atoms with E-state index >= 15 is 0 Å². The van der Waals surface area contributed by atoms with E-state index in [0.29, 0.717) is 12.0 Å². The van der Waals surface area contributed by atoms with Gasteiger partial charge in [0, 0.05) is 16.4 Å². The second-order valence-corrected chi connectivity index (χ2v) is 10.5. The Morgan fingerprint density at radius 1 is 1.23 bits per heavy atom. The first-order valence-corrected chi connectivity index (χ1v) is 11.3. The summed E-state index contributed by atoms with van der Waals surface area (Å²) in [6, 6.07) is 5.63. The molecule has 0 saturated carbocycles. The van der Waals surface area contributed by atoms with Gasteiger partial charge >= 0.3 is 0 Å². The number of thioether (sulfide) groups is 1. The van der Waals surface area contributed by atoms with Gasteiger partial charge in [0.25, 0.3) is 5.91 Å². The zero-order valence-electron chi connectivity index (χ0n) is 18.1. The summed E-state index contributed by atoms with van der Waals surface area (Å²) in [4.78, 5) is 41.0. The third-order valence-electron chi connectivity index (χ3n) is 6.00. The van der Waals surface area contributed by atoms with Crippen LogP contribution in [0, 0.1) is 5.92 Å². The molecule has 7 nitrogen and oxygen atoms in total. The van der Waals surface area contributed by atoms with E-state index < -0.39 is 22.9 Å². The van der Waals surface area contributed by atoms with Gasteiger partial charge in [0.05, 0.1) is 6.61 Å². The highest BCUT2D eigenvalue weighted by Gasteiger charge is 2.57. The van der Waals surface area contributed by atoms with Crippen LogP contribution in [0.15, 0.2) is 24.3 Å². The highest BCUT2D eigenvalue weighted by atomic mass is 32.2. The number of fused-ring (bicyclic) bond motifs is 3. The van der Waals surface area contributed by atoms with E-state index in [1.165, 1.54) is 0 Å². The largest absolute Gasteiger partial charge is 0.394 e. The summed E-state index contributed by atoms with van der Waals surface area (Å²) in [6.07, 6.45) is 0.700. The van der Waals surface area contributed by atoms with Gasteiger partial charge in [0.1, 0.15) is 17.5 Å². The summed E-state index contributed by atoms with van der Waals surface area (Å²) >= 11 is 1.60. The van der Waals surface area contributed by atoms with E-state index in [1.54, 1.807) is 29.7 Å². The van der Waals surface area contributed by atoms with E-state index in [2.05, 4.69) is 10.6 Å². The quantitative estimate of drug-likeness (QED) is 0.611. The van der Waals surface area contributed by atoms with Crippen LogP contribution in [-0.2, 0) is 9.59 Å². The molecule has 3 amide bonds. The lowest BCUT2D eigenvalue weighted by molar-refractivity contribution is -0.133. The zero-order valence-corrected chi connectivity index (χ0v) is 19.0. The number of nitrogens with one attached hydrogen (secondary N) is 2. The predicted molar refractivity (Wildman–Crippen MR) is 117 cm³/mol. The number of aliphatic hydroxyl groups excluding tert-OH is 1. The van der Waals surface area contributed by atoms with Gasteiger partial charge in [0.2, 0.25) is 11.8 Å². The SMILES string of the molecule is CC[C@@H](C)[C@H](NC(=O)[C@H]1N2C(=O)c3ccccc3[C@@H]2SC1(C)C)C(=O)N[C@@H](C)CO. The Kier molecular flexibility index (Phi) is 6.48. The Bertz CT molecular complexity index is 843. The Hall–Kier alpha value is -2.06. The minimum absolute atomic E-state index is 0.0979. The normalized spacial score (nSPS) is 24.6. The van der Waals surface area contributed by atoms with Crippen LogP contribution in [0.4, 0.5) is 0 Å². The lowest BCUT2D eigenvalue weighted by Crippen LogP contribution is -2.59. The van der Waals surface area contributed by atoms with Gasteiger partial charge < -0.3 is 20.6 Å². The smallest absolute Gasteiger partial charge is 0.256 e. The van der Waals surface area contributed by atoms with Crippen LogP contribution in [-0.4, -0.2) is 57.2 Å². The molecule has 8 heteroatoms. The van der Waals surface area contributed by atoms with Crippen molar-refractivity contribution in [2.45, 2.75) is 69.3 Å². The van der Waals surface area contributed by atoms with Crippen LogP contribution in [0.25, 0.3) is 0 Å². The molecule has 1 fully saturated rings. The molecule has 0 aliphatic carbocycles. The average Bonchev–Trinajstić information content (AvgIpc) is 3.14. The van der Waals surface area contributed by atoms with E-state index in [0.717, 1.165) is 5.56 Å². The Labute approximate surface area is 182 Å². The first-order valence-electron chi connectivity index (χ1n) is 10.4. The first-order chi connectivity index (χ1) is 14.1. The third kappa shape index (κ3) is 3.95. The van der Waals surface area contributed by atoms with Gasteiger partial charge in [-0.15, -0.1) is 11.8 Å². The van der Waals surface area contributed by atoms with Crippen molar-refractivity contribution >= 4 is 29.5 Å². The third-order valence-corrected chi connectivity index (χ3v) is 7.54. The molecule has 2 aliphatic heterocycles. The van der Waals surface area contributed by atoms with Crippen molar-refractivity contribution < 1.29 is 19.5 Å². The van der Waals surface area contributed by atoms with E-state index in [9.17, 15) is 19.5 Å². The molecule has 0 bridgehead atoms. The molecule has 2 heterocycles. The molecule has 164 valence electrons. The van der Waals surface area contributed by atoms with Crippen molar-refractivity contribution in [3.8, 4) is 0 Å². The molecule has 2 aliphatic rings. The molecule has 3 rings (SSSR count). The van der Waals surface area contributed by atoms with Gasteiger partial charge in [-0.05, 0) is 38.3 Å². The number of hydrogen-bond acceptors (Lipinski definition) is 5. The fraction of sp³-hybridized carbons (Fsp3) is 0.591. The average molecular weight is 434 g/mol. The standard InChI is InChI=1S/C22H31N3O4S/c1-6-12(2)16(18(27)23-13(3)11-26)24-19(28)17-22(4,5)30-21-15-10-8-7-9-14(15)20(29)25(17)21/h7-10,12-13,16-17,21,26H,6,11H2,1-5H3,(H,23,27)(H,24,28)/t12-,13+,16+,17-,21+/m1/s1. The number of aliphatic hydroxyl groups is 1. The van der Waals surface area contributed by atoms with E-state index in [1.807, 2.05) is 45.9 Å². The second kappa shape index (κ2) is 8.59. The molecule has 0 aromatic heterocycles. The molecular formula is C22H31N3O4S. The molecule has 30 heavy (non-hydrogen) atoms. The van der Waals surface area contributed by atoms with Crippen LogP contribution in [0.2, 0.25) is 0 Å². The molecule has 5 atom stereocenters. The van der Waals surface area contributed by atoms with Crippen molar-refractivity contribution in [3.05, 3.63) is 35.4 Å². The van der Waals surface area contributed by atoms with E-state index in [-0.39, 0.29) is 35.6 Å². The number of carbonyl (C=O) groups is 3. The Morgan fingerprint density at radius 3 is 2.53 bits per heavy atom. The number of benzene rings is 1. The monoisotopic (exact) mass is 433 g/mol. The molecular weight excluding hydrogens is 402 g/mol. The highest BCUT2D eigenvalue weighted by molar-refractivity contribution is 8.01. The summed E-state index contributed by atoms with van der Waals surface area (Å²) < 4.78 is -0.507. The molecule has 0 radical (unpaired) electrons. The van der Waals surface area contributed by atoms with E-state index in [4.69, 9.17) is 0 Å². The molecule has 0 spiro atoms. The molecule has 1 aromatic carbocycles. The van der Waals surface area contributed by atoms with Gasteiger partial charge in [-0.1, -0.05) is 38.5 Å². The topological polar surface area (TPSA) is 98.7 Å². The van der Waals surface area contributed by atoms with Crippen LogP contribution in [0.5, 0.6) is 0 Å². The van der Waals surface area contributed by atoms with Crippen LogP contribution < -0.4 is 10.6 Å². The first kappa shape index (κ1) is 22.6. The highest BCUT2D eigenvalue weighted by Crippen LogP contribution is 2.56. The lowest BCUT2D eigenvalue weighted by Gasteiger charge is -2.32. The molecule has 0 unspecified atom stereocenters. The summed E-state index contributed by atoms with van der Waals surface area (Å²) in [5.41, 5.74) is 1.57. The maximum atomic E-state index is 13.4. The maximum absolute atomic E-state index is 13.4. The summed E-state index contributed by atoms with van der Waals surface area (Å²) in [5.74, 6) is -0.893. The van der Waals surface area contributed by atoms with Gasteiger partial charge in [0.15, 0.2) is 0 Å². The Balaban J connectivity index is 1.85. The molecule has 3 N–H and O–H groups in total. The summed E-state index contributed by atoms with van der Waals surface area (Å²) in [5, 5.41) is 14.7. The van der Waals surface area contributed by atoms with Crippen molar-refractivity contribution in [3.63, 3.8) is 0 Å². The van der Waals surface area contributed by atoms with Gasteiger partial charge in [-0.3, -0.25) is 14.4 Å². The van der Waals surface area contributed by atoms with Gasteiger partial charge in [-0.2, -0.15) is 0 Å². The molecule has 1 saturated heterocycles. The minimum Gasteiger partial charge on any atom is -0.394 e. The van der Waals surface area contributed by atoms with Gasteiger partial charge in [-0.25, -0.2) is 0 Å². The number of rotatable bonds is 7. The number of carbonyl (C=O) groups excluding carboxylic acids is 3. The van der Waals surface area contributed by atoms with Crippen molar-refractivity contribution in [1.82, 2.24) is 15.5 Å². The number of amides is 3.